The molecule has 0 saturated heterocycles. The fourth-order valence-corrected chi connectivity index (χ4v) is 2.27. The van der Waals surface area contributed by atoms with Gasteiger partial charge in [-0.25, -0.2) is 0 Å². The molecule has 0 fully saturated rings. The maximum Gasteiger partial charge on any atom is -0.00297 e. The number of unbranched alkanes of at least 4 members (excludes halogenated alkanes) is 4. The maximum atomic E-state index is 5.54. The Morgan fingerprint density at radius 3 is 2.46 bits per heavy atom. The van der Waals surface area contributed by atoms with Crippen LogP contribution < -0.4 is 5.73 Å². The Morgan fingerprint density at radius 1 is 1.15 bits per heavy atom. The molecule has 0 bridgehead atoms. The average Bonchev–Trinajstić information content (AvgIpc) is 2.16. The first-order valence-electron chi connectivity index (χ1n) is 5.59. The molecule has 80 valence electrons. The lowest BCUT2D eigenvalue weighted by atomic mass is 10.2. The average molecular weight is 203 g/mol. The summed E-state index contributed by atoms with van der Waals surface area (Å²) < 4.78 is 0. The molecule has 0 rings (SSSR count). The van der Waals surface area contributed by atoms with Crippen molar-refractivity contribution in [1.82, 2.24) is 0 Å². The quantitative estimate of drug-likeness (QED) is 0.582. The number of thioether (sulfide) groups is 1. The van der Waals surface area contributed by atoms with E-state index in [2.05, 4.69) is 25.6 Å². The first-order chi connectivity index (χ1) is 6.31. The number of nitrogens with two attached hydrogens (primary N) is 1. The Balaban J connectivity index is 2.91. The van der Waals surface area contributed by atoms with Gasteiger partial charge in [-0.3, -0.25) is 0 Å². The van der Waals surface area contributed by atoms with Crippen LogP contribution in [0, 0.1) is 5.92 Å². The highest BCUT2D eigenvalue weighted by Crippen LogP contribution is 2.11. The maximum absolute atomic E-state index is 5.54. The summed E-state index contributed by atoms with van der Waals surface area (Å²) in [4.78, 5) is 0. The van der Waals surface area contributed by atoms with Gasteiger partial charge in [0, 0.05) is 0 Å². The van der Waals surface area contributed by atoms with E-state index in [4.69, 9.17) is 5.73 Å². The van der Waals surface area contributed by atoms with E-state index in [0.29, 0.717) is 5.92 Å². The summed E-state index contributed by atoms with van der Waals surface area (Å²) in [5.41, 5.74) is 5.54. The van der Waals surface area contributed by atoms with E-state index in [1.165, 1.54) is 43.6 Å². The Labute approximate surface area is 87.9 Å². The number of rotatable bonds is 9. The first-order valence-corrected chi connectivity index (χ1v) is 6.74. The van der Waals surface area contributed by atoms with Gasteiger partial charge in [-0.15, -0.1) is 0 Å². The summed E-state index contributed by atoms with van der Waals surface area (Å²) in [6, 6.07) is 0. The zero-order valence-electron chi connectivity index (χ0n) is 9.22. The van der Waals surface area contributed by atoms with Gasteiger partial charge in [0.1, 0.15) is 0 Å². The van der Waals surface area contributed by atoms with Crippen molar-refractivity contribution in [2.45, 2.75) is 46.0 Å². The summed E-state index contributed by atoms with van der Waals surface area (Å²) >= 11 is 2.06. The van der Waals surface area contributed by atoms with E-state index in [-0.39, 0.29) is 0 Å². The van der Waals surface area contributed by atoms with Crippen molar-refractivity contribution in [2.24, 2.45) is 11.7 Å². The molecule has 0 saturated carbocycles. The second kappa shape index (κ2) is 10.4. The molecular formula is C11H25NS. The molecular weight excluding hydrogens is 178 g/mol. The predicted octanol–water partition coefficient (Wildman–Crippen LogP) is 3.28. The van der Waals surface area contributed by atoms with Gasteiger partial charge in [0.2, 0.25) is 0 Å². The minimum absolute atomic E-state index is 0.695. The van der Waals surface area contributed by atoms with Crippen LogP contribution in [-0.2, 0) is 0 Å². The van der Waals surface area contributed by atoms with Crippen molar-refractivity contribution in [3.05, 3.63) is 0 Å². The van der Waals surface area contributed by atoms with Crippen molar-refractivity contribution in [3.8, 4) is 0 Å². The summed E-state index contributed by atoms with van der Waals surface area (Å²) in [5, 5.41) is 0. The molecule has 0 aromatic heterocycles. The molecule has 0 aliphatic heterocycles. The molecule has 0 aliphatic rings. The van der Waals surface area contributed by atoms with Crippen LogP contribution in [0.25, 0.3) is 0 Å². The third kappa shape index (κ3) is 10.2. The lowest BCUT2D eigenvalue weighted by Crippen LogP contribution is -2.12. The molecule has 13 heavy (non-hydrogen) atoms. The topological polar surface area (TPSA) is 26.0 Å². The highest BCUT2D eigenvalue weighted by atomic mass is 32.2. The molecule has 0 spiro atoms. The molecule has 2 N–H and O–H groups in total. The summed E-state index contributed by atoms with van der Waals surface area (Å²) in [7, 11) is 0. The fraction of sp³-hybridized carbons (Fsp3) is 1.00. The number of hydrogen-bond donors (Lipinski definition) is 1. The van der Waals surface area contributed by atoms with Crippen molar-refractivity contribution >= 4 is 11.8 Å². The molecule has 1 unspecified atom stereocenters. The standard InChI is InChI=1S/C11H25NS/c1-3-4-5-6-7-8-13-10-11(2)9-12/h11H,3-10,12H2,1-2H3. The van der Waals surface area contributed by atoms with Gasteiger partial charge >= 0.3 is 0 Å². The highest BCUT2D eigenvalue weighted by Gasteiger charge is 1.98. The molecule has 1 atom stereocenters. The van der Waals surface area contributed by atoms with Crippen molar-refractivity contribution in [3.63, 3.8) is 0 Å². The second-order valence-electron chi connectivity index (χ2n) is 3.83. The van der Waals surface area contributed by atoms with Crippen LogP contribution >= 0.6 is 11.8 Å². The smallest absolute Gasteiger partial charge is 0.00297 e. The third-order valence-corrected chi connectivity index (χ3v) is 3.58. The van der Waals surface area contributed by atoms with E-state index in [9.17, 15) is 0 Å². The summed E-state index contributed by atoms with van der Waals surface area (Å²) in [6.07, 6.45) is 6.98. The van der Waals surface area contributed by atoms with Gasteiger partial charge < -0.3 is 5.73 Å². The van der Waals surface area contributed by atoms with Crippen LogP contribution in [0.2, 0.25) is 0 Å². The van der Waals surface area contributed by atoms with Crippen LogP contribution in [0.1, 0.15) is 46.0 Å². The minimum Gasteiger partial charge on any atom is -0.330 e. The Kier molecular flexibility index (Phi) is 10.6. The second-order valence-corrected chi connectivity index (χ2v) is 4.98. The SMILES string of the molecule is CCCCCCCSCC(C)CN. The van der Waals surface area contributed by atoms with Crippen LogP contribution in [-0.4, -0.2) is 18.1 Å². The van der Waals surface area contributed by atoms with Crippen LogP contribution in [0.3, 0.4) is 0 Å². The normalized spacial score (nSPS) is 13.2. The zero-order valence-corrected chi connectivity index (χ0v) is 10.0. The monoisotopic (exact) mass is 203 g/mol. The van der Waals surface area contributed by atoms with Crippen LogP contribution in [0.5, 0.6) is 0 Å². The molecule has 0 radical (unpaired) electrons. The highest BCUT2D eigenvalue weighted by molar-refractivity contribution is 7.99. The Hall–Kier alpha value is 0.310. The van der Waals surface area contributed by atoms with Gasteiger partial charge in [-0.1, -0.05) is 39.5 Å². The molecule has 0 aromatic carbocycles. The Morgan fingerprint density at radius 2 is 1.85 bits per heavy atom. The predicted molar refractivity (Wildman–Crippen MR) is 64.3 cm³/mol. The van der Waals surface area contributed by atoms with Crippen LogP contribution in [0.4, 0.5) is 0 Å². The summed E-state index contributed by atoms with van der Waals surface area (Å²) in [5.74, 6) is 3.26. The van der Waals surface area contributed by atoms with Gasteiger partial charge in [-0.05, 0) is 30.4 Å². The lowest BCUT2D eigenvalue weighted by molar-refractivity contribution is 0.655. The van der Waals surface area contributed by atoms with Gasteiger partial charge in [-0.2, -0.15) is 11.8 Å². The van der Waals surface area contributed by atoms with Gasteiger partial charge in [0.25, 0.3) is 0 Å². The Bertz CT molecular complexity index is 96.1. The van der Waals surface area contributed by atoms with Crippen molar-refractivity contribution < 1.29 is 0 Å². The fourth-order valence-electron chi connectivity index (χ4n) is 1.16. The van der Waals surface area contributed by atoms with Gasteiger partial charge in [0.15, 0.2) is 0 Å². The van der Waals surface area contributed by atoms with Gasteiger partial charge in [0.05, 0.1) is 0 Å². The molecule has 0 amide bonds. The van der Waals surface area contributed by atoms with E-state index < -0.39 is 0 Å². The van der Waals surface area contributed by atoms with Crippen LogP contribution in [0.15, 0.2) is 0 Å². The zero-order chi connectivity index (χ0) is 9.94. The third-order valence-electron chi connectivity index (χ3n) is 2.20. The van der Waals surface area contributed by atoms with E-state index in [1.54, 1.807) is 0 Å². The molecule has 0 aliphatic carbocycles. The molecule has 0 heterocycles. The molecule has 0 aromatic rings. The first kappa shape index (κ1) is 13.3. The largest absolute Gasteiger partial charge is 0.330 e. The molecule has 1 nitrogen and oxygen atoms in total. The van der Waals surface area contributed by atoms with Crippen molar-refractivity contribution in [1.29, 1.82) is 0 Å². The number of hydrogen-bond acceptors (Lipinski definition) is 2. The summed E-state index contributed by atoms with van der Waals surface area (Å²) in [6.45, 7) is 5.32. The lowest BCUT2D eigenvalue weighted by Gasteiger charge is -2.07. The van der Waals surface area contributed by atoms with Crippen molar-refractivity contribution in [2.75, 3.05) is 18.1 Å². The van der Waals surface area contributed by atoms with E-state index >= 15 is 0 Å². The minimum atomic E-state index is 0.695. The molecule has 2 heteroatoms. The van der Waals surface area contributed by atoms with E-state index in [1.807, 2.05) is 0 Å². The van der Waals surface area contributed by atoms with E-state index in [0.717, 1.165) is 6.54 Å².